The Bertz CT molecular complexity index is 950. The van der Waals surface area contributed by atoms with Gasteiger partial charge in [0.05, 0.1) is 6.42 Å². The summed E-state index contributed by atoms with van der Waals surface area (Å²) in [6.45, 7) is 12.0. The highest BCUT2D eigenvalue weighted by Gasteiger charge is 2.34. The Morgan fingerprint density at radius 3 is 2.34 bits per heavy atom. The standard InChI is InChI=1S/C29H38O3.C3H8/c1-5-10-23(24(6-2)27(31)15-20(4)30)16-21-17-26-25(22-11-8-7-9-12-22)14-13-19(3)29(26)28(32)18-21;1-3-2/h7-8,12-14,21,23-24H,5-6,9-11,15-18H2,1-4H3;3H2,1-2H3. The predicted octanol–water partition coefficient (Wildman–Crippen LogP) is 8.27. The fraction of sp³-hybridized carbons (Fsp3) is 0.594. The number of Topliss-reactive ketones (excluding diaryl/α,β-unsaturated/α-hetero) is 3. The molecule has 35 heavy (non-hydrogen) atoms. The number of carbonyl (C=O) groups excluding carboxylic acids is 3. The maximum atomic E-state index is 13.3. The number of allylic oxidation sites excluding steroid dienone is 4. The number of carbonyl (C=O) groups is 3. The first-order valence-electron chi connectivity index (χ1n) is 13.8. The minimum absolute atomic E-state index is 0.0379. The van der Waals surface area contributed by atoms with Crippen molar-refractivity contribution in [1.29, 1.82) is 0 Å². The minimum atomic E-state index is -0.0847. The normalized spacial score (nSPS) is 18.6. The van der Waals surface area contributed by atoms with Gasteiger partial charge in [-0.3, -0.25) is 14.4 Å². The van der Waals surface area contributed by atoms with Gasteiger partial charge in [0, 0.05) is 17.9 Å². The summed E-state index contributed by atoms with van der Waals surface area (Å²) in [4.78, 5) is 37.6. The molecule has 3 nitrogen and oxygen atoms in total. The Hall–Kier alpha value is -2.29. The van der Waals surface area contributed by atoms with Gasteiger partial charge in [0.25, 0.3) is 0 Å². The lowest BCUT2D eigenvalue weighted by molar-refractivity contribution is -0.129. The van der Waals surface area contributed by atoms with E-state index in [2.05, 4.69) is 58.1 Å². The van der Waals surface area contributed by atoms with Crippen molar-refractivity contribution in [3.05, 3.63) is 52.6 Å². The molecule has 1 aromatic carbocycles. The van der Waals surface area contributed by atoms with Crippen LogP contribution in [0.4, 0.5) is 0 Å². The van der Waals surface area contributed by atoms with Gasteiger partial charge in [-0.15, -0.1) is 0 Å². The van der Waals surface area contributed by atoms with E-state index in [1.807, 2.05) is 6.92 Å². The molecule has 0 spiro atoms. The number of benzene rings is 1. The van der Waals surface area contributed by atoms with Gasteiger partial charge in [-0.1, -0.05) is 77.3 Å². The second-order valence-corrected chi connectivity index (χ2v) is 10.5. The lowest BCUT2D eigenvalue weighted by Gasteiger charge is -2.33. The number of hydrogen-bond donors (Lipinski definition) is 0. The quantitative estimate of drug-likeness (QED) is 0.251. The summed E-state index contributed by atoms with van der Waals surface area (Å²) >= 11 is 0. The second-order valence-electron chi connectivity index (χ2n) is 10.5. The fourth-order valence-electron chi connectivity index (χ4n) is 5.86. The lowest BCUT2D eigenvalue weighted by atomic mass is 9.71. The number of ketones is 3. The summed E-state index contributed by atoms with van der Waals surface area (Å²) in [6, 6.07) is 4.29. The van der Waals surface area contributed by atoms with Gasteiger partial charge in [-0.2, -0.15) is 0 Å². The largest absolute Gasteiger partial charge is 0.300 e. The Labute approximate surface area is 213 Å². The highest BCUT2D eigenvalue weighted by molar-refractivity contribution is 6.01. The van der Waals surface area contributed by atoms with Crippen molar-refractivity contribution in [2.45, 2.75) is 106 Å². The molecule has 2 aliphatic carbocycles. The smallest absolute Gasteiger partial charge is 0.163 e. The van der Waals surface area contributed by atoms with Gasteiger partial charge in [-0.05, 0) is 80.1 Å². The van der Waals surface area contributed by atoms with Crippen LogP contribution in [-0.4, -0.2) is 17.3 Å². The first kappa shape index (κ1) is 28.9. The summed E-state index contributed by atoms with van der Waals surface area (Å²) in [6.07, 6.45) is 14.9. The van der Waals surface area contributed by atoms with Gasteiger partial charge in [0.15, 0.2) is 5.78 Å². The summed E-state index contributed by atoms with van der Waals surface area (Å²) < 4.78 is 0. The third-order valence-electron chi connectivity index (χ3n) is 7.26. The topological polar surface area (TPSA) is 51.2 Å². The molecule has 0 amide bonds. The molecule has 3 rings (SSSR count). The third kappa shape index (κ3) is 7.85. The summed E-state index contributed by atoms with van der Waals surface area (Å²) in [5, 5.41) is 0. The van der Waals surface area contributed by atoms with E-state index in [-0.39, 0.29) is 41.5 Å². The molecule has 1 aromatic rings. The molecule has 0 fully saturated rings. The lowest BCUT2D eigenvalue weighted by Crippen LogP contribution is -2.30. The molecule has 0 heterocycles. The molecular weight excluding hydrogens is 432 g/mol. The number of fused-ring (bicyclic) bond motifs is 1. The van der Waals surface area contributed by atoms with Gasteiger partial charge in [0.1, 0.15) is 11.6 Å². The zero-order valence-corrected chi connectivity index (χ0v) is 22.9. The SMILES string of the molecule is CCC.CCCC(CC1CC(=O)c2c(C)ccc(C3=CCC=CC3)c2C1)C(CC)C(=O)CC(C)=O. The maximum Gasteiger partial charge on any atom is 0.163 e. The zero-order chi connectivity index (χ0) is 26.0. The summed E-state index contributed by atoms with van der Waals surface area (Å²) in [5.41, 5.74) is 5.78. The molecule has 3 atom stereocenters. The average molecular weight is 479 g/mol. The van der Waals surface area contributed by atoms with Crippen molar-refractivity contribution >= 4 is 22.9 Å². The fourth-order valence-corrected chi connectivity index (χ4v) is 5.86. The molecule has 0 saturated carbocycles. The van der Waals surface area contributed by atoms with Crippen molar-refractivity contribution < 1.29 is 14.4 Å². The van der Waals surface area contributed by atoms with Crippen LogP contribution in [0, 0.1) is 24.7 Å². The van der Waals surface area contributed by atoms with Crippen LogP contribution < -0.4 is 0 Å². The van der Waals surface area contributed by atoms with Crippen molar-refractivity contribution in [3.8, 4) is 0 Å². The van der Waals surface area contributed by atoms with Gasteiger partial charge in [-0.25, -0.2) is 0 Å². The van der Waals surface area contributed by atoms with Gasteiger partial charge >= 0.3 is 0 Å². The van der Waals surface area contributed by atoms with Crippen molar-refractivity contribution in [2.75, 3.05) is 0 Å². The van der Waals surface area contributed by atoms with E-state index in [1.54, 1.807) is 0 Å². The van der Waals surface area contributed by atoms with E-state index in [9.17, 15) is 14.4 Å². The minimum Gasteiger partial charge on any atom is -0.300 e. The summed E-state index contributed by atoms with van der Waals surface area (Å²) in [7, 11) is 0. The molecule has 192 valence electrons. The highest BCUT2D eigenvalue weighted by Crippen LogP contribution is 2.39. The van der Waals surface area contributed by atoms with E-state index in [0.717, 1.165) is 56.1 Å². The number of rotatable bonds is 10. The van der Waals surface area contributed by atoms with Crippen molar-refractivity contribution in [1.82, 2.24) is 0 Å². The van der Waals surface area contributed by atoms with Crippen LogP contribution in [-0.2, 0) is 16.0 Å². The predicted molar refractivity (Wildman–Crippen MR) is 147 cm³/mol. The van der Waals surface area contributed by atoms with Crippen LogP contribution in [0.1, 0.15) is 119 Å². The first-order chi connectivity index (χ1) is 16.8. The number of hydrogen-bond acceptors (Lipinski definition) is 3. The average Bonchev–Trinajstić information content (AvgIpc) is 2.80. The van der Waals surface area contributed by atoms with Crippen molar-refractivity contribution in [2.24, 2.45) is 17.8 Å². The van der Waals surface area contributed by atoms with Gasteiger partial charge < -0.3 is 0 Å². The Morgan fingerprint density at radius 1 is 1.06 bits per heavy atom. The molecule has 0 N–H and O–H groups in total. The summed E-state index contributed by atoms with van der Waals surface area (Å²) in [5.74, 6) is 0.684. The molecule has 3 unspecified atom stereocenters. The molecule has 0 saturated heterocycles. The van der Waals surface area contributed by atoms with Crippen LogP contribution in [0.3, 0.4) is 0 Å². The second kappa shape index (κ2) is 14.3. The van der Waals surface area contributed by atoms with Crippen LogP contribution in [0.15, 0.2) is 30.4 Å². The molecule has 0 aliphatic heterocycles. The molecule has 0 aromatic heterocycles. The van der Waals surface area contributed by atoms with Gasteiger partial charge in [0.2, 0.25) is 0 Å². The number of aryl methyl sites for hydroxylation is 1. The third-order valence-corrected chi connectivity index (χ3v) is 7.26. The molecule has 0 bridgehead atoms. The Kier molecular flexibility index (Phi) is 11.8. The molecule has 3 heteroatoms. The Balaban J connectivity index is 0.00000137. The highest BCUT2D eigenvalue weighted by atomic mass is 16.1. The van der Waals surface area contributed by atoms with E-state index >= 15 is 0 Å². The Morgan fingerprint density at radius 2 is 1.77 bits per heavy atom. The first-order valence-corrected chi connectivity index (χ1v) is 13.8. The molecule has 0 radical (unpaired) electrons. The van der Waals surface area contributed by atoms with E-state index < -0.39 is 0 Å². The monoisotopic (exact) mass is 478 g/mol. The van der Waals surface area contributed by atoms with Crippen LogP contribution in [0.25, 0.3) is 5.57 Å². The molecular formula is C32H46O3. The van der Waals surface area contributed by atoms with E-state index in [4.69, 9.17) is 0 Å². The molecule has 2 aliphatic rings. The van der Waals surface area contributed by atoms with Crippen LogP contribution in [0.5, 0.6) is 0 Å². The maximum absolute atomic E-state index is 13.3. The van der Waals surface area contributed by atoms with Crippen LogP contribution in [0.2, 0.25) is 0 Å². The zero-order valence-electron chi connectivity index (χ0n) is 22.9. The van der Waals surface area contributed by atoms with Crippen molar-refractivity contribution in [3.63, 3.8) is 0 Å². The van der Waals surface area contributed by atoms with E-state index in [1.165, 1.54) is 30.0 Å². The van der Waals surface area contributed by atoms with E-state index in [0.29, 0.717) is 6.42 Å². The van der Waals surface area contributed by atoms with Crippen LogP contribution >= 0.6 is 0 Å².